The summed E-state index contributed by atoms with van der Waals surface area (Å²) < 4.78 is 39.0. The van der Waals surface area contributed by atoms with Crippen molar-refractivity contribution in [2.24, 2.45) is 0 Å². The predicted molar refractivity (Wildman–Crippen MR) is 101 cm³/mol. The number of nitrogen functional groups attached to an aromatic ring is 1. The molecule has 7 N–H and O–H groups in total. The third-order valence-electron chi connectivity index (χ3n) is 4.21. The molecule has 1 saturated heterocycles. The lowest BCUT2D eigenvalue weighted by molar-refractivity contribution is -0.109. The highest BCUT2D eigenvalue weighted by Gasteiger charge is 2.44. The number of hydrogen-bond acceptors (Lipinski definition) is 11. The highest BCUT2D eigenvalue weighted by molar-refractivity contribution is 7.79. The van der Waals surface area contributed by atoms with Crippen LogP contribution in [0.1, 0.15) is 6.23 Å². The second kappa shape index (κ2) is 10.0. The van der Waals surface area contributed by atoms with E-state index in [9.17, 15) is 15.0 Å². The molecule has 3 rings (SSSR count). The molecule has 168 valence electrons. The van der Waals surface area contributed by atoms with Crippen LogP contribution >= 0.6 is 0 Å². The molecule has 0 aliphatic carbocycles. The van der Waals surface area contributed by atoms with Crippen LogP contribution in [0.3, 0.4) is 0 Å². The van der Waals surface area contributed by atoms with Gasteiger partial charge in [0.25, 0.3) is 0 Å². The van der Waals surface area contributed by atoms with E-state index in [1.165, 1.54) is 17.2 Å². The van der Waals surface area contributed by atoms with Gasteiger partial charge in [-0.2, -0.15) is 8.42 Å². The van der Waals surface area contributed by atoms with E-state index in [1.54, 1.807) is 0 Å². The number of carbonyl (C=O) groups excluding carboxylic acids is 1. The van der Waals surface area contributed by atoms with Crippen LogP contribution in [0.15, 0.2) is 12.7 Å². The van der Waals surface area contributed by atoms with E-state index in [1.807, 2.05) is 11.9 Å². The van der Waals surface area contributed by atoms with E-state index in [0.717, 1.165) is 0 Å². The molecule has 1 aliphatic heterocycles. The molecule has 15 nitrogen and oxygen atoms in total. The van der Waals surface area contributed by atoms with Gasteiger partial charge in [0.1, 0.15) is 30.2 Å². The molecule has 3 heterocycles. The zero-order valence-corrected chi connectivity index (χ0v) is 16.6. The van der Waals surface area contributed by atoms with Gasteiger partial charge in [0, 0.05) is 19.6 Å². The number of aliphatic hydroxyl groups is 2. The lowest BCUT2D eigenvalue weighted by Gasteiger charge is -2.22. The van der Waals surface area contributed by atoms with Crippen LogP contribution in [-0.4, -0.2) is 104 Å². The van der Waals surface area contributed by atoms with E-state index >= 15 is 0 Å². The maximum Gasteiger partial charge on any atom is 0.394 e. The van der Waals surface area contributed by atoms with Gasteiger partial charge in [0.2, 0.25) is 6.41 Å². The van der Waals surface area contributed by atoms with Crippen LogP contribution in [-0.2, 0) is 19.9 Å². The van der Waals surface area contributed by atoms with Crippen molar-refractivity contribution in [3.05, 3.63) is 12.7 Å². The summed E-state index contributed by atoms with van der Waals surface area (Å²) in [6.07, 6.45) is -0.247. The molecule has 30 heavy (non-hydrogen) atoms. The molecular formula is C14H23N7O8S. The SMILES string of the molecule is CN(CCNC=O)C[C@H]1O[C@@H](n2cnc3c(N)ncnc32)C(O)C1O.O=S(=O)(O)O. The van der Waals surface area contributed by atoms with Gasteiger partial charge >= 0.3 is 10.4 Å². The maximum atomic E-state index is 10.4. The summed E-state index contributed by atoms with van der Waals surface area (Å²) in [5, 5.41) is 23.3. The van der Waals surface area contributed by atoms with Crippen molar-refractivity contribution in [1.82, 2.24) is 29.7 Å². The Balaban J connectivity index is 0.000000575. The normalized spacial score (nSPS) is 23.9. The fourth-order valence-electron chi connectivity index (χ4n) is 2.88. The number of carbonyl (C=O) groups is 1. The van der Waals surface area contributed by atoms with Crippen LogP contribution in [0.2, 0.25) is 0 Å². The first-order valence-corrected chi connectivity index (χ1v) is 9.92. The molecule has 0 bridgehead atoms. The smallest absolute Gasteiger partial charge is 0.387 e. The third-order valence-corrected chi connectivity index (χ3v) is 4.21. The van der Waals surface area contributed by atoms with Crippen molar-refractivity contribution in [3.8, 4) is 0 Å². The van der Waals surface area contributed by atoms with Crippen LogP contribution in [0.25, 0.3) is 11.2 Å². The Kier molecular flexibility index (Phi) is 7.96. The van der Waals surface area contributed by atoms with Gasteiger partial charge in [0.15, 0.2) is 17.7 Å². The number of imidazole rings is 1. The van der Waals surface area contributed by atoms with Crippen molar-refractivity contribution in [1.29, 1.82) is 0 Å². The average Bonchev–Trinajstić information content (AvgIpc) is 3.18. The van der Waals surface area contributed by atoms with Crippen molar-refractivity contribution in [2.45, 2.75) is 24.5 Å². The molecule has 0 saturated carbocycles. The summed E-state index contributed by atoms with van der Waals surface area (Å²) in [6.45, 7) is 1.46. The lowest BCUT2D eigenvalue weighted by atomic mass is 10.1. The Morgan fingerprint density at radius 3 is 2.60 bits per heavy atom. The van der Waals surface area contributed by atoms with Crippen molar-refractivity contribution < 1.29 is 37.3 Å². The Hall–Kier alpha value is -2.47. The van der Waals surface area contributed by atoms with E-state index in [0.29, 0.717) is 37.2 Å². The summed E-state index contributed by atoms with van der Waals surface area (Å²) in [4.78, 5) is 24.3. The minimum atomic E-state index is -4.67. The highest BCUT2D eigenvalue weighted by atomic mass is 32.3. The van der Waals surface area contributed by atoms with Crippen molar-refractivity contribution in [3.63, 3.8) is 0 Å². The third kappa shape index (κ3) is 6.26. The molecule has 0 radical (unpaired) electrons. The predicted octanol–water partition coefficient (Wildman–Crippen LogP) is -2.95. The zero-order valence-electron chi connectivity index (χ0n) is 15.8. The molecular weight excluding hydrogens is 426 g/mol. The van der Waals surface area contributed by atoms with E-state index in [2.05, 4.69) is 20.3 Å². The number of aliphatic hydroxyl groups excluding tert-OH is 2. The minimum absolute atomic E-state index is 0.232. The quantitative estimate of drug-likeness (QED) is 0.141. The van der Waals surface area contributed by atoms with E-state index in [-0.39, 0.29) is 5.82 Å². The molecule has 1 amide bonds. The van der Waals surface area contributed by atoms with E-state index in [4.69, 9.17) is 28.0 Å². The molecule has 4 atom stereocenters. The van der Waals surface area contributed by atoms with Gasteiger partial charge in [-0.05, 0) is 7.05 Å². The Morgan fingerprint density at radius 2 is 1.97 bits per heavy atom. The summed E-state index contributed by atoms with van der Waals surface area (Å²) >= 11 is 0. The zero-order chi connectivity index (χ0) is 22.5. The van der Waals surface area contributed by atoms with Gasteiger partial charge in [-0.15, -0.1) is 0 Å². The standard InChI is InChI=1S/C14H21N7O4.H2O4S/c1-20(3-2-16-7-22)4-8-10(23)11(24)14(25-8)21-6-19-9-12(15)17-5-18-13(9)21;1-5(2,3)4/h5-8,10-11,14,23-24H,2-4H2,1H3,(H,16,22)(H2,15,17,18);(H2,1,2,3,4)/t8-,10?,11?,14-;/m1./s1. The van der Waals surface area contributed by atoms with Gasteiger partial charge in [-0.1, -0.05) is 0 Å². The number of aromatic nitrogens is 4. The molecule has 0 aromatic carbocycles. The molecule has 0 spiro atoms. The Bertz CT molecular complexity index is 947. The summed E-state index contributed by atoms with van der Waals surface area (Å²) in [6, 6.07) is 0. The number of likely N-dealkylation sites (N-methyl/N-ethyl adjacent to an activating group) is 1. The van der Waals surface area contributed by atoms with Gasteiger partial charge < -0.3 is 30.9 Å². The number of fused-ring (bicyclic) bond motifs is 1. The molecule has 2 aromatic heterocycles. The highest BCUT2D eigenvalue weighted by Crippen LogP contribution is 2.32. The number of nitrogens with zero attached hydrogens (tertiary/aromatic N) is 5. The monoisotopic (exact) mass is 449 g/mol. The minimum Gasteiger partial charge on any atom is -0.387 e. The lowest BCUT2D eigenvalue weighted by Crippen LogP contribution is -2.40. The van der Waals surface area contributed by atoms with Gasteiger partial charge in [-0.3, -0.25) is 18.5 Å². The number of amides is 1. The second-order valence-electron chi connectivity index (χ2n) is 6.41. The number of nitrogens with one attached hydrogen (secondary N) is 1. The molecule has 2 aromatic rings. The molecule has 2 unspecified atom stereocenters. The number of rotatable bonds is 7. The first kappa shape index (κ1) is 23.8. The van der Waals surface area contributed by atoms with Crippen LogP contribution in [0.4, 0.5) is 5.82 Å². The Labute approximate surface area is 171 Å². The van der Waals surface area contributed by atoms with Crippen molar-refractivity contribution in [2.75, 3.05) is 32.4 Å². The number of hydrogen-bond donors (Lipinski definition) is 6. The fourth-order valence-corrected chi connectivity index (χ4v) is 2.88. The van der Waals surface area contributed by atoms with Gasteiger partial charge in [-0.25, -0.2) is 15.0 Å². The average molecular weight is 449 g/mol. The number of ether oxygens (including phenoxy) is 1. The second-order valence-corrected chi connectivity index (χ2v) is 7.31. The van der Waals surface area contributed by atoms with Crippen LogP contribution < -0.4 is 11.1 Å². The van der Waals surface area contributed by atoms with Crippen LogP contribution in [0, 0.1) is 0 Å². The topological polar surface area (TPSA) is 226 Å². The largest absolute Gasteiger partial charge is 0.394 e. The first-order valence-electron chi connectivity index (χ1n) is 8.53. The van der Waals surface area contributed by atoms with Gasteiger partial charge in [0.05, 0.1) is 6.33 Å². The molecule has 1 fully saturated rings. The fraction of sp³-hybridized carbons (Fsp3) is 0.571. The number of nitrogens with two attached hydrogens (primary N) is 1. The summed E-state index contributed by atoms with van der Waals surface area (Å²) in [5.74, 6) is 0.232. The van der Waals surface area contributed by atoms with Crippen LogP contribution in [0.5, 0.6) is 0 Å². The molecule has 1 aliphatic rings. The maximum absolute atomic E-state index is 10.4. The van der Waals surface area contributed by atoms with E-state index < -0.39 is 34.9 Å². The summed E-state index contributed by atoms with van der Waals surface area (Å²) in [5.41, 5.74) is 6.60. The first-order chi connectivity index (χ1) is 14.0. The van der Waals surface area contributed by atoms with Crippen molar-refractivity contribution >= 4 is 33.8 Å². The molecule has 16 heteroatoms. The number of anilines is 1. The Morgan fingerprint density at radius 1 is 1.30 bits per heavy atom. The summed E-state index contributed by atoms with van der Waals surface area (Å²) in [7, 11) is -2.83.